The number of aryl methyl sites for hydroxylation is 2. The summed E-state index contributed by atoms with van der Waals surface area (Å²) in [7, 11) is 0. The molecule has 0 saturated carbocycles. The molecule has 0 amide bonds. The average molecular weight is 307 g/mol. The van der Waals surface area contributed by atoms with Crippen LogP contribution in [0.15, 0.2) is 6.20 Å². The first-order valence-electron chi connectivity index (χ1n) is 8.39. The molecule has 124 valence electrons. The highest BCUT2D eigenvalue weighted by Crippen LogP contribution is 2.17. The van der Waals surface area contributed by atoms with Gasteiger partial charge < -0.3 is 9.72 Å². The second-order valence-electron chi connectivity index (χ2n) is 5.82. The fourth-order valence-corrected chi connectivity index (χ4v) is 2.71. The Morgan fingerprint density at radius 2 is 1.59 bits per heavy atom. The Hall–Kier alpha value is -1.58. The highest BCUT2D eigenvalue weighted by atomic mass is 16.5. The monoisotopic (exact) mass is 307 g/mol. The molecule has 0 unspecified atom stereocenters. The minimum Gasteiger partial charge on any atom is -0.466 e. The van der Waals surface area contributed by atoms with E-state index in [0.29, 0.717) is 19.4 Å². The van der Waals surface area contributed by atoms with Crippen LogP contribution in [0.5, 0.6) is 0 Å². The van der Waals surface area contributed by atoms with E-state index in [1.54, 1.807) is 0 Å². The van der Waals surface area contributed by atoms with Crippen molar-refractivity contribution < 1.29 is 14.3 Å². The molecule has 1 aromatic heterocycles. The zero-order valence-corrected chi connectivity index (χ0v) is 14.2. The highest BCUT2D eigenvalue weighted by Gasteiger charge is 2.12. The van der Waals surface area contributed by atoms with E-state index in [1.165, 1.54) is 0 Å². The Kier molecular flexibility index (Phi) is 8.56. The molecule has 0 bridgehead atoms. The standard InChI is InChI=1S/C18H29NO3/c1-4-22-17(21)12-10-8-6-5-7-9-11-16(20)18-14(2)13-19-15(18)3/h13,19H,4-12H2,1-3H3. The molecule has 0 radical (unpaired) electrons. The molecule has 4 nitrogen and oxygen atoms in total. The van der Waals surface area contributed by atoms with Crippen LogP contribution in [0.1, 0.15) is 79.9 Å². The molecule has 4 heteroatoms. The van der Waals surface area contributed by atoms with Crippen molar-refractivity contribution in [3.8, 4) is 0 Å². The van der Waals surface area contributed by atoms with Gasteiger partial charge in [-0.2, -0.15) is 0 Å². The van der Waals surface area contributed by atoms with Crippen LogP contribution in [-0.2, 0) is 9.53 Å². The topological polar surface area (TPSA) is 59.2 Å². The predicted octanol–water partition coefficient (Wildman–Crippen LogP) is 4.50. The van der Waals surface area contributed by atoms with Crippen LogP contribution in [-0.4, -0.2) is 23.3 Å². The molecule has 0 aliphatic heterocycles. The third-order valence-corrected chi connectivity index (χ3v) is 3.89. The summed E-state index contributed by atoms with van der Waals surface area (Å²) in [6.07, 6.45) is 9.28. The molecule has 0 fully saturated rings. The van der Waals surface area contributed by atoms with Crippen LogP contribution in [0.3, 0.4) is 0 Å². The van der Waals surface area contributed by atoms with E-state index in [4.69, 9.17) is 4.74 Å². The van der Waals surface area contributed by atoms with E-state index in [-0.39, 0.29) is 11.8 Å². The fraction of sp³-hybridized carbons (Fsp3) is 0.667. The summed E-state index contributed by atoms with van der Waals surface area (Å²) in [5.74, 6) is 0.156. The molecule has 1 rings (SSSR count). The smallest absolute Gasteiger partial charge is 0.305 e. The van der Waals surface area contributed by atoms with Crippen molar-refractivity contribution in [3.05, 3.63) is 23.0 Å². The molecule has 0 spiro atoms. The van der Waals surface area contributed by atoms with E-state index in [1.807, 2.05) is 27.0 Å². The number of aromatic amines is 1. The molecule has 0 saturated heterocycles. The molecular formula is C18H29NO3. The molecule has 1 heterocycles. The van der Waals surface area contributed by atoms with Crippen LogP contribution in [0.4, 0.5) is 0 Å². The summed E-state index contributed by atoms with van der Waals surface area (Å²) < 4.78 is 4.89. The molecule has 1 aromatic rings. The van der Waals surface area contributed by atoms with E-state index in [2.05, 4.69) is 4.98 Å². The zero-order chi connectivity index (χ0) is 16.4. The lowest BCUT2D eigenvalue weighted by atomic mass is 10.0. The number of carbonyl (C=O) groups excluding carboxylic acids is 2. The second-order valence-corrected chi connectivity index (χ2v) is 5.82. The molecule has 0 aromatic carbocycles. The molecule has 1 N–H and O–H groups in total. The fourth-order valence-electron chi connectivity index (χ4n) is 2.71. The van der Waals surface area contributed by atoms with E-state index >= 15 is 0 Å². The Morgan fingerprint density at radius 3 is 2.14 bits per heavy atom. The van der Waals surface area contributed by atoms with Gasteiger partial charge in [-0.25, -0.2) is 0 Å². The van der Waals surface area contributed by atoms with Crippen LogP contribution in [0, 0.1) is 13.8 Å². The first kappa shape index (κ1) is 18.5. The number of Topliss-reactive ketones (excluding diaryl/α,β-unsaturated/α-hetero) is 1. The Bertz CT molecular complexity index is 457. The highest BCUT2D eigenvalue weighted by molar-refractivity contribution is 5.98. The van der Waals surface area contributed by atoms with E-state index in [9.17, 15) is 9.59 Å². The van der Waals surface area contributed by atoms with Gasteiger partial charge >= 0.3 is 5.97 Å². The van der Waals surface area contributed by atoms with Crippen molar-refractivity contribution in [3.63, 3.8) is 0 Å². The predicted molar refractivity (Wildman–Crippen MR) is 88.2 cm³/mol. The van der Waals surface area contributed by atoms with Crippen LogP contribution in [0.25, 0.3) is 0 Å². The minimum absolute atomic E-state index is 0.0923. The normalized spacial score (nSPS) is 10.7. The summed E-state index contributed by atoms with van der Waals surface area (Å²) in [6.45, 7) is 6.21. The zero-order valence-electron chi connectivity index (χ0n) is 14.2. The van der Waals surface area contributed by atoms with Gasteiger partial charge in [0.1, 0.15) is 0 Å². The summed E-state index contributed by atoms with van der Waals surface area (Å²) in [4.78, 5) is 26.4. The van der Waals surface area contributed by atoms with Gasteiger partial charge in [0.05, 0.1) is 6.61 Å². The van der Waals surface area contributed by atoms with Crippen molar-refractivity contribution in [2.24, 2.45) is 0 Å². The number of hydrogen-bond donors (Lipinski definition) is 1. The molecular weight excluding hydrogens is 278 g/mol. The number of rotatable bonds is 11. The SMILES string of the molecule is CCOC(=O)CCCCCCCCC(=O)c1c(C)c[nH]c1C. The molecule has 0 aliphatic carbocycles. The summed E-state index contributed by atoms with van der Waals surface area (Å²) in [5, 5.41) is 0. The Labute approximate surface area is 133 Å². The number of unbranched alkanes of at least 4 members (excludes halogenated alkanes) is 5. The third kappa shape index (κ3) is 6.46. The van der Waals surface area contributed by atoms with E-state index < -0.39 is 0 Å². The van der Waals surface area contributed by atoms with Gasteiger partial charge in [0.15, 0.2) is 5.78 Å². The van der Waals surface area contributed by atoms with Gasteiger partial charge in [0, 0.05) is 30.3 Å². The van der Waals surface area contributed by atoms with Gasteiger partial charge in [0.25, 0.3) is 0 Å². The van der Waals surface area contributed by atoms with Crippen LogP contribution < -0.4 is 0 Å². The summed E-state index contributed by atoms with van der Waals surface area (Å²) in [6, 6.07) is 0. The quantitative estimate of drug-likeness (QED) is 0.372. The summed E-state index contributed by atoms with van der Waals surface area (Å²) >= 11 is 0. The van der Waals surface area contributed by atoms with Gasteiger partial charge in [-0.1, -0.05) is 25.7 Å². The molecule has 0 aliphatic rings. The van der Waals surface area contributed by atoms with Crippen molar-refractivity contribution >= 4 is 11.8 Å². The van der Waals surface area contributed by atoms with E-state index in [0.717, 1.165) is 55.3 Å². The van der Waals surface area contributed by atoms with Gasteiger partial charge in [-0.05, 0) is 39.2 Å². The number of esters is 1. The van der Waals surface area contributed by atoms with Crippen molar-refractivity contribution in [2.45, 2.75) is 72.1 Å². The number of aromatic nitrogens is 1. The lowest BCUT2D eigenvalue weighted by Crippen LogP contribution is -2.03. The average Bonchev–Trinajstić information content (AvgIpc) is 2.81. The maximum Gasteiger partial charge on any atom is 0.305 e. The van der Waals surface area contributed by atoms with Gasteiger partial charge in [0.2, 0.25) is 0 Å². The summed E-state index contributed by atoms with van der Waals surface area (Å²) in [5.41, 5.74) is 2.89. The van der Waals surface area contributed by atoms with Crippen molar-refractivity contribution in [1.29, 1.82) is 0 Å². The lowest BCUT2D eigenvalue weighted by molar-refractivity contribution is -0.143. The number of ether oxygens (including phenoxy) is 1. The first-order chi connectivity index (χ1) is 10.6. The second kappa shape index (κ2) is 10.2. The maximum atomic E-state index is 12.1. The number of H-pyrrole nitrogens is 1. The van der Waals surface area contributed by atoms with Crippen molar-refractivity contribution in [1.82, 2.24) is 4.98 Å². The Morgan fingerprint density at radius 1 is 1.00 bits per heavy atom. The molecule has 0 atom stereocenters. The largest absolute Gasteiger partial charge is 0.466 e. The van der Waals surface area contributed by atoms with Crippen LogP contribution >= 0.6 is 0 Å². The van der Waals surface area contributed by atoms with Crippen molar-refractivity contribution in [2.75, 3.05) is 6.61 Å². The van der Waals surface area contributed by atoms with Gasteiger partial charge in [-0.3, -0.25) is 9.59 Å². The number of hydrogen-bond acceptors (Lipinski definition) is 3. The number of carbonyl (C=O) groups is 2. The minimum atomic E-state index is -0.0923. The number of ketones is 1. The number of nitrogens with one attached hydrogen (secondary N) is 1. The maximum absolute atomic E-state index is 12.1. The molecule has 22 heavy (non-hydrogen) atoms. The first-order valence-corrected chi connectivity index (χ1v) is 8.39. The van der Waals surface area contributed by atoms with Gasteiger partial charge in [-0.15, -0.1) is 0 Å². The van der Waals surface area contributed by atoms with Crippen LogP contribution in [0.2, 0.25) is 0 Å². The Balaban J connectivity index is 2.04. The third-order valence-electron chi connectivity index (χ3n) is 3.89. The lowest BCUT2D eigenvalue weighted by Gasteiger charge is -2.04.